The van der Waals surface area contributed by atoms with Crippen LogP contribution < -0.4 is 10.6 Å². The number of carbonyl (C=O) groups excluding carboxylic acids is 1. The molecule has 1 heterocycles. The molecule has 3 N–H and O–H groups in total. The maximum atomic E-state index is 12.0. The third-order valence-corrected chi connectivity index (χ3v) is 3.93. The number of carbonyl (C=O) groups is 2. The van der Waals surface area contributed by atoms with Crippen molar-refractivity contribution in [2.24, 2.45) is 5.41 Å². The van der Waals surface area contributed by atoms with Crippen LogP contribution in [0.1, 0.15) is 12.5 Å². The monoisotopic (exact) mass is 312 g/mol. The van der Waals surface area contributed by atoms with Crippen molar-refractivity contribution in [3.05, 3.63) is 28.8 Å². The topological polar surface area (TPSA) is 87.7 Å². The highest BCUT2D eigenvalue weighted by atomic mass is 35.5. The summed E-state index contributed by atoms with van der Waals surface area (Å²) in [6.07, 6.45) is 0. The van der Waals surface area contributed by atoms with Crippen LogP contribution in [0.5, 0.6) is 0 Å². The summed E-state index contributed by atoms with van der Waals surface area (Å²) in [5.41, 5.74) is 0.318. The van der Waals surface area contributed by atoms with Crippen molar-refractivity contribution in [3.8, 4) is 0 Å². The molecular formula is C14H17ClN2O4. The Morgan fingerprint density at radius 3 is 2.81 bits per heavy atom. The molecule has 1 aliphatic rings. The third-order valence-electron chi connectivity index (χ3n) is 3.62. The Morgan fingerprint density at radius 1 is 1.48 bits per heavy atom. The number of rotatable bonds is 3. The van der Waals surface area contributed by atoms with E-state index in [4.69, 9.17) is 16.3 Å². The van der Waals surface area contributed by atoms with Gasteiger partial charge in [0.1, 0.15) is 5.41 Å². The molecule has 0 saturated carbocycles. The quantitative estimate of drug-likeness (QED) is 0.799. The maximum absolute atomic E-state index is 12.0. The molecule has 0 aliphatic carbocycles. The highest BCUT2D eigenvalue weighted by molar-refractivity contribution is 6.33. The second-order valence-corrected chi connectivity index (χ2v) is 5.78. The van der Waals surface area contributed by atoms with Crippen molar-refractivity contribution in [1.82, 2.24) is 5.32 Å². The van der Waals surface area contributed by atoms with Crippen LogP contribution >= 0.6 is 11.6 Å². The van der Waals surface area contributed by atoms with Gasteiger partial charge in [0.2, 0.25) is 0 Å². The number of carboxylic acids is 1. The first-order valence-corrected chi connectivity index (χ1v) is 6.85. The zero-order valence-corrected chi connectivity index (χ0v) is 12.5. The first-order chi connectivity index (χ1) is 9.83. The van der Waals surface area contributed by atoms with E-state index < -0.39 is 23.5 Å². The van der Waals surface area contributed by atoms with E-state index in [0.717, 1.165) is 5.56 Å². The summed E-state index contributed by atoms with van der Waals surface area (Å²) in [5.74, 6) is -1.00. The van der Waals surface area contributed by atoms with Crippen LogP contribution in [0.15, 0.2) is 18.2 Å². The number of urea groups is 1. The first-order valence-electron chi connectivity index (χ1n) is 6.48. The minimum Gasteiger partial charge on any atom is -0.481 e. The van der Waals surface area contributed by atoms with Gasteiger partial charge >= 0.3 is 12.0 Å². The lowest BCUT2D eigenvalue weighted by molar-refractivity contribution is -0.148. The molecule has 1 aromatic carbocycles. The van der Waals surface area contributed by atoms with Crippen LogP contribution in [0.25, 0.3) is 0 Å². The number of carboxylic acid groups (broad SMARTS) is 1. The lowest BCUT2D eigenvalue weighted by Crippen LogP contribution is -2.50. The molecule has 0 aromatic heterocycles. The number of anilines is 1. The van der Waals surface area contributed by atoms with Gasteiger partial charge < -0.3 is 20.5 Å². The van der Waals surface area contributed by atoms with Crippen molar-refractivity contribution in [1.29, 1.82) is 0 Å². The molecule has 114 valence electrons. The summed E-state index contributed by atoms with van der Waals surface area (Å²) in [5, 5.41) is 14.9. The van der Waals surface area contributed by atoms with Gasteiger partial charge in [-0.15, -0.1) is 0 Å². The van der Waals surface area contributed by atoms with Crippen molar-refractivity contribution < 1.29 is 19.4 Å². The normalized spacial score (nSPS) is 24.6. The number of hydrogen-bond acceptors (Lipinski definition) is 3. The molecular weight excluding hydrogens is 296 g/mol. The molecule has 1 aliphatic heterocycles. The smallest absolute Gasteiger partial charge is 0.319 e. The Hall–Kier alpha value is -1.79. The van der Waals surface area contributed by atoms with Gasteiger partial charge in [-0.25, -0.2) is 4.79 Å². The zero-order chi connectivity index (χ0) is 15.6. The Balaban J connectivity index is 2.03. The SMILES string of the molecule is Cc1ccc(NC(=O)NC2COCC2(C)C(=O)O)c(Cl)c1. The molecule has 0 bridgehead atoms. The first kappa shape index (κ1) is 15.6. The Morgan fingerprint density at radius 2 is 2.19 bits per heavy atom. The molecule has 2 amide bonds. The number of amides is 2. The fourth-order valence-electron chi connectivity index (χ4n) is 2.12. The number of hydrogen-bond donors (Lipinski definition) is 3. The molecule has 6 nitrogen and oxygen atoms in total. The van der Waals surface area contributed by atoms with Crippen LogP contribution in [-0.2, 0) is 9.53 Å². The van der Waals surface area contributed by atoms with Gasteiger partial charge in [0.15, 0.2) is 0 Å². The van der Waals surface area contributed by atoms with Gasteiger partial charge in [0.05, 0.1) is 30.0 Å². The number of benzene rings is 1. The van der Waals surface area contributed by atoms with Crippen LogP contribution in [0.3, 0.4) is 0 Å². The number of aryl methyl sites for hydroxylation is 1. The number of aliphatic carboxylic acids is 1. The predicted molar refractivity (Wildman–Crippen MR) is 78.7 cm³/mol. The van der Waals surface area contributed by atoms with E-state index in [2.05, 4.69) is 10.6 Å². The predicted octanol–water partition coefficient (Wildman–Crippen LogP) is 2.26. The van der Waals surface area contributed by atoms with Crippen LogP contribution in [0.4, 0.5) is 10.5 Å². The third kappa shape index (κ3) is 3.28. The van der Waals surface area contributed by atoms with E-state index in [1.165, 1.54) is 0 Å². The van der Waals surface area contributed by atoms with Crippen LogP contribution in [0.2, 0.25) is 5.02 Å². The highest BCUT2D eigenvalue weighted by Crippen LogP contribution is 2.29. The standard InChI is InChI=1S/C14H17ClN2O4/c1-8-3-4-10(9(15)5-8)16-13(20)17-11-6-21-7-14(11,2)12(18)19/h3-5,11H,6-7H2,1-2H3,(H,18,19)(H2,16,17,20). The molecule has 1 saturated heterocycles. The Kier molecular flexibility index (Phi) is 4.39. The maximum Gasteiger partial charge on any atom is 0.319 e. The Labute approximate surface area is 127 Å². The van der Waals surface area contributed by atoms with E-state index in [1.54, 1.807) is 19.1 Å². The van der Waals surface area contributed by atoms with Gasteiger partial charge in [-0.3, -0.25) is 4.79 Å². The summed E-state index contributed by atoms with van der Waals surface area (Å²) >= 11 is 6.04. The molecule has 2 rings (SSSR count). The van der Waals surface area contributed by atoms with Crippen molar-refractivity contribution >= 4 is 29.3 Å². The fourth-order valence-corrected chi connectivity index (χ4v) is 2.41. The molecule has 2 unspecified atom stereocenters. The van der Waals surface area contributed by atoms with Crippen LogP contribution in [0, 0.1) is 12.3 Å². The van der Waals surface area contributed by atoms with E-state index >= 15 is 0 Å². The number of ether oxygens (including phenoxy) is 1. The summed E-state index contributed by atoms with van der Waals surface area (Å²) in [6, 6.07) is 4.14. The van der Waals surface area contributed by atoms with E-state index in [0.29, 0.717) is 10.7 Å². The van der Waals surface area contributed by atoms with Crippen molar-refractivity contribution in [2.75, 3.05) is 18.5 Å². The molecule has 1 fully saturated rings. The van der Waals surface area contributed by atoms with Crippen LogP contribution in [-0.4, -0.2) is 36.4 Å². The molecule has 0 radical (unpaired) electrons. The second kappa shape index (κ2) is 5.91. The summed E-state index contributed by atoms with van der Waals surface area (Å²) < 4.78 is 5.18. The number of nitrogens with one attached hydrogen (secondary N) is 2. The summed E-state index contributed by atoms with van der Waals surface area (Å²) in [7, 11) is 0. The minimum absolute atomic E-state index is 0.0680. The Bertz CT molecular complexity index is 578. The molecule has 2 atom stereocenters. The second-order valence-electron chi connectivity index (χ2n) is 5.37. The summed E-state index contributed by atoms with van der Waals surface area (Å²) in [6.45, 7) is 3.67. The van der Waals surface area contributed by atoms with Crippen molar-refractivity contribution in [2.45, 2.75) is 19.9 Å². The van der Waals surface area contributed by atoms with Gasteiger partial charge in [-0.2, -0.15) is 0 Å². The molecule has 21 heavy (non-hydrogen) atoms. The van der Waals surface area contributed by atoms with Crippen molar-refractivity contribution in [3.63, 3.8) is 0 Å². The average Bonchev–Trinajstić information content (AvgIpc) is 2.76. The fraction of sp³-hybridized carbons (Fsp3) is 0.429. The average molecular weight is 313 g/mol. The van der Waals surface area contributed by atoms with E-state index in [9.17, 15) is 14.7 Å². The largest absolute Gasteiger partial charge is 0.481 e. The lowest BCUT2D eigenvalue weighted by atomic mass is 9.85. The molecule has 1 aromatic rings. The van der Waals surface area contributed by atoms with Gasteiger partial charge in [0, 0.05) is 0 Å². The van der Waals surface area contributed by atoms with E-state index in [-0.39, 0.29) is 13.2 Å². The van der Waals surface area contributed by atoms with E-state index in [1.807, 2.05) is 13.0 Å². The van der Waals surface area contributed by atoms with Gasteiger partial charge in [-0.1, -0.05) is 17.7 Å². The lowest BCUT2D eigenvalue weighted by Gasteiger charge is -2.25. The summed E-state index contributed by atoms with van der Waals surface area (Å²) in [4.78, 5) is 23.3. The zero-order valence-electron chi connectivity index (χ0n) is 11.8. The minimum atomic E-state index is -1.13. The van der Waals surface area contributed by atoms with Gasteiger partial charge in [-0.05, 0) is 31.5 Å². The van der Waals surface area contributed by atoms with Gasteiger partial charge in [0.25, 0.3) is 0 Å². The molecule has 7 heteroatoms. The number of halogens is 1. The molecule has 0 spiro atoms. The highest BCUT2D eigenvalue weighted by Gasteiger charge is 2.47.